The molecule has 0 radical (unpaired) electrons. The van der Waals surface area contributed by atoms with Gasteiger partial charge in [0, 0.05) is 16.8 Å². The molecule has 9 heteroatoms. The van der Waals surface area contributed by atoms with Gasteiger partial charge in [-0.25, -0.2) is 9.78 Å². The normalized spacial score (nSPS) is 19.1. The topological polar surface area (TPSA) is 104 Å². The highest BCUT2D eigenvalue weighted by atomic mass is 32.1. The third kappa shape index (κ3) is 4.83. The molecule has 152 valence electrons. The fourth-order valence-corrected chi connectivity index (χ4v) is 3.61. The van der Waals surface area contributed by atoms with Gasteiger partial charge >= 0.3 is 17.9 Å². The molecule has 2 atom stereocenters. The van der Waals surface area contributed by atoms with E-state index in [-0.39, 0.29) is 25.4 Å². The number of aryl methyl sites for hydroxylation is 1. The Morgan fingerprint density at radius 2 is 1.64 bits per heavy atom. The standard InChI is InChI=1S/C19H24N2O6S/c1-6-25-17(22)14-10(3)20-11(4)15(18(23)26-7-2)16(14)19(24)27-8-13-9-28-12(5)21-13/h9,14,16H,6-8H2,1-5H3/t14?,16-/m0/s1. The van der Waals surface area contributed by atoms with Gasteiger partial charge < -0.3 is 14.2 Å². The van der Waals surface area contributed by atoms with Crippen molar-refractivity contribution in [3.05, 3.63) is 27.4 Å². The zero-order chi connectivity index (χ0) is 20.8. The van der Waals surface area contributed by atoms with E-state index in [1.165, 1.54) is 11.3 Å². The van der Waals surface area contributed by atoms with Crippen LogP contribution in [0.15, 0.2) is 21.6 Å². The van der Waals surface area contributed by atoms with Crippen molar-refractivity contribution in [2.24, 2.45) is 16.8 Å². The summed E-state index contributed by atoms with van der Waals surface area (Å²) in [5, 5.41) is 2.63. The largest absolute Gasteiger partial charge is 0.465 e. The number of nitrogens with zero attached hydrogens (tertiary/aromatic N) is 2. The van der Waals surface area contributed by atoms with Gasteiger partial charge in [0.1, 0.15) is 18.4 Å². The van der Waals surface area contributed by atoms with Gasteiger partial charge in [-0.05, 0) is 34.6 Å². The Hall–Kier alpha value is -2.55. The monoisotopic (exact) mass is 408 g/mol. The van der Waals surface area contributed by atoms with Crippen molar-refractivity contribution < 1.29 is 28.6 Å². The number of aromatic nitrogens is 1. The molecule has 0 saturated carbocycles. The second kappa shape index (κ2) is 9.59. The van der Waals surface area contributed by atoms with Crippen molar-refractivity contribution in [2.75, 3.05) is 13.2 Å². The SMILES string of the molecule is CCOC(=O)C1=C(C)N=C(C)C(C(=O)OCC)[C@@H]1C(=O)OCc1csc(C)n1. The van der Waals surface area contributed by atoms with Crippen LogP contribution in [0.4, 0.5) is 0 Å². The van der Waals surface area contributed by atoms with E-state index in [1.807, 2.05) is 6.92 Å². The van der Waals surface area contributed by atoms with Crippen molar-refractivity contribution in [1.82, 2.24) is 4.98 Å². The summed E-state index contributed by atoms with van der Waals surface area (Å²) in [5.41, 5.74) is 1.33. The molecule has 0 fully saturated rings. The minimum Gasteiger partial charge on any atom is -0.465 e. The van der Waals surface area contributed by atoms with Crippen LogP contribution in [0.5, 0.6) is 0 Å². The Morgan fingerprint density at radius 1 is 1.00 bits per heavy atom. The fourth-order valence-electron chi connectivity index (χ4n) is 3.01. The van der Waals surface area contributed by atoms with Crippen molar-refractivity contribution in [1.29, 1.82) is 0 Å². The zero-order valence-corrected chi connectivity index (χ0v) is 17.4. The average molecular weight is 408 g/mol. The average Bonchev–Trinajstić information content (AvgIpc) is 3.04. The first-order valence-electron chi connectivity index (χ1n) is 8.97. The number of hydrogen-bond acceptors (Lipinski definition) is 9. The molecular formula is C19H24N2O6S. The Kier molecular flexibility index (Phi) is 7.45. The minimum atomic E-state index is -1.18. The van der Waals surface area contributed by atoms with E-state index in [2.05, 4.69) is 9.98 Å². The molecule has 2 heterocycles. The molecule has 0 aromatic carbocycles. The van der Waals surface area contributed by atoms with Crippen LogP contribution in [0.2, 0.25) is 0 Å². The van der Waals surface area contributed by atoms with Crippen molar-refractivity contribution in [3.8, 4) is 0 Å². The molecule has 1 aliphatic heterocycles. The smallest absolute Gasteiger partial charge is 0.336 e. The Bertz CT molecular complexity index is 826. The van der Waals surface area contributed by atoms with E-state index >= 15 is 0 Å². The van der Waals surface area contributed by atoms with Gasteiger partial charge in [0.05, 0.1) is 29.5 Å². The minimum absolute atomic E-state index is 0.0185. The molecule has 1 aliphatic rings. The van der Waals surface area contributed by atoms with Crippen molar-refractivity contribution >= 4 is 35.0 Å². The highest BCUT2D eigenvalue weighted by Crippen LogP contribution is 2.34. The summed E-state index contributed by atoms with van der Waals surface area (Å²) in [6.45, 7) is 8.60. The predicted molar refractivity (Wildman–Crippen MR) is 103 cm³/mol. The maximum atomic E-state index is 13.0. The Balaban J connectivity index is 2.37. The van der Waals surface area contributed by atoms with Gasteiger partial charge in [0.25, 0.3) is 0 Å². The number of thiazole rings is 1. The third-order valence-corrected chi connectivity index (χ3v) is 4.97. The van der Waals surface area contributed by atoms with Crippen LogP contribution >= 0.6 is 11.3 Å². The summed E-state index contributed by atoms with van der Waals surface area (Å²) in [4.78, 5) is 46.5. The van der Waals surface area contributed by atoms with Crippen LogP contribution in [0, 0.1) is 18.8 Å². The lowest BCUT2D eigenvalue weighted by atomic mass is 9.79. The van der Waals surface area contributed by atoms with E-state index in [1.54, 1.807) is 33.1 Å². The van der Waals surface area contributed by atoms with Crippen LogP contribution < -0.4 is 0 Å². The summed E-state index contributed by atoms with van der Waals surface area (Å²) in [6.07, 6.45) is 0. The van der Waals surface area contributed by atoms with Gasteiger partial charge in [0.2, 0.25) is 0 Å². The number of allylic oxidation sites excluding steroid dienone is 1. The maximum absolute atomic E-state index is 13.0. The van der Waals surface area contributed by atoms with E-state index in [9.17, 15) is 14.4 Å². The third-order valence-electron chi connectivity index (χ3n) is 4.15. The molecule has 2 rings (SSSR count). The molecule has 0 N–H and O–H groups in total. The fraction of sp³-hybridized carbons (Fsp3) is 0.526. The molecule has 0 aliphatic carbocycles. The van der Waals surface area contributed by atoms with Crippen LogP contribution in [0.1, 0.15) is 38.4 Å². The highest BCUT2D eigenvalue weighted by molar-refractivity contribution is 7.09. The predicted octanol–water partition coefficient (Wildman–Crippen LogP) is 2.60. The molecule has 0 saturated heterocycles. The maximum Gasteiger partial charge on any atom is 0.336 e. The van der Waals surface area contributed by atoms with Gasteiger partial charge in [-0.3, -0.25) is 14.6 Å². The lowest BCUT2D eigenvalue weighted by molar-refractivity contribution is -0.159. The number of rotatable bonds is 7. The molecule has 0 spiro atoms. The summed E-state index contributed by atoms with van der Waals surface area (Å²) < 4.78 is 15.6. The van der Waals surface area contributed by atoms with Gasteiger partial charge in [-0.1, -0.05) is 0 Å². The van der Waals surface area contributed by atoms with Gasteiger partial charge in [-0.2, -0.15) is 0 Å². The van der Waals surface area contributed by atoms with Crippen LogP contribution in [-0.2, 0) is 35.2 Å². The Morgan fingerprint density at radius 3 is 2.21 bits per heavy atom. The molecular weight excluding hydrogens is 384 g/mol. The summed E-state index contributed by atoms with van der Waals surface area (Å²) in [6, 6.07) is 0. The van der Waals surface area contributed by atoms with E-state index in [0.29, 0.717) is 17.1 Å². The number of ether oxygens (including phenoxy) is 3. The zero-order valence-electron chi connectivity index (χ0n) is 16.6. The highest BCUT2D eigenvalue weighted by Gasteiger charge is 2.46. The molecule has 1 aromatic heterocycles. The molecule has 28 heavy (non-hydrogen) atoms. The molecule has 8 nitrogen and oxygen atoms in total. The van der Waals surface area contributed by atoms with Crippen LogP contribution in [-0.4, -0.2) is 41.8 Å². The van der Waals surface area contributed by atoms with E-state index < -0.39 is 29.7 Å². The molecule has 1 unspecified atom stereocenters. The second-order valence-corrected chi connectivity index (χ2v) is 7.21. The van der Waals surface area contributed by atoms with Crippen molar-refractivity contribution in [3.63, 3.8) is 0 Å². The first-order chi connectivity index (χ1) is 13.3. The second-order valence-electron chi connectivity index (χ2n) is 6.15. The first-order valence-corrected chi connectivity index (χ1v) is 9.85. The van der Waals surface area contributed by atoms with Crippen LogP contribution in [0.25, 0.3) is 0 Å². The lowest BCUT2D eigenvalue weighted by Gasteiger charge is -2.29. The van der Waals surface area contributed by atoms with E-state index in [0.717, 1.165) is 5.01 Å². The molecule has 0 bridgehead atoms. The quantitative estimate of drug-likeness (QED) is 0.504. The summed E-state index contributed by atoms with van der Waals surface area (Å²) in [5.74, 6) is -4.29. The number of aliphatic imine (C=N–C) groups is 1. The number of carbonyl (C=O) groups is 3. The summed E-state index contributed by atoms with van der Waals surface area (Å²) >= 11 is 1.44. The summed E-state index contributed by atoms with van der Waals surface area (Å²) in [7, 11) is 0. The first kappa shape index (κ1) is 21.7. The number of hydrogen-bond donors (Lipinski definition) is 0. The lowest BCUT2D eigenvalue weighted by Crippen LogP contribution is -2.42. The van der Waals surface area contributed by atoms with Crippen LogP contribution in [0.3, 0.4) is 0 Å². The Labute approximate surface area is 167 Å². The molecule has 1 aromatic rings. The number of esters is 3. The number of carbonyl (C=O) groups excluding carboxylic acids is 3. The van der Waals surface area contributed by atoms with Crippen molar-refractivity contribution in [2.45, 2.75) is 41.2 Å². The van der Waals surface area contributed by atoms with E-state index in [4.69, 9.17) is 14.2 Å². The molecule has 0 amide bonds. The van der Waals surface area contributed by atoms with Gasteiger partial charge in [-0.15, -0.1) is 11.3 Å². The van der Waals surface area contributed by atoms with Gasteiger partial charge in [0.15, 0.2) is 0 Å².